The van der Waals surface area contributed by atoms with Crippen LogP contribution in [0.25, 0.3) is 0 Å². The fraction of sp³-hybridized carbons (Fsp3) is 0.214. The minimum Gasteiger partial charge on any atom is -0.350 e. The topological polar surface area (TPSA) is 94.6 Å². The Labute approximate surface area is 219 Å². The van der Waals surface area contributed by atoms with Gasteiger partial charge in [0, 0.05) is 37.4 Å². The number of rotatable bonds is 7. The van der Waals surface area contributed by atoms with Crippen LogP contribution >= 0.6 is 11.6 Å². The average Bonchev–Trinajstić information content (AvgIpc) is 3.26. The van der Waals surface area contributed by atoms with Crippen LogP contribution in [-0.2, 0) is 22.6 Å². The summed E-state index contributed by atoms with van der Waals surface area (Å²) in [4.78, 5) is 47.3. The number of halogens is 1. The van der Waals surface area contributed by atoms with Crippen LogP contribution in [0.2, 0.25) is 5.02 Å². The number of carbonyl (C=O) groups is 3. The molecule has 2 N–H and O–H groups in total. The summed E-state index contributed by atoms with van der Waals surface area (Å²) in [6.07, 6.45) is 3.66. The molecule has 0 spiro atoms. The average molecular weight is 516 g/mol. The number of nitrogens with zero attached hydrogens (tertiary/aromatic N) is 3. The number of benzene rings is 2. The summed E-state index contributed by atoms with van der Waals surface area (Å²) in [5, 5.41) is 6.32. The molecule has 5 rings (SSSR count). The van der Waals surface area contributed by atoms with Crippen molar-refractivity contribution < 1.29 is 14.4 Å². The lowest BCUT2D eigenvalue weighted by Crippen LogP contribution is -2.49. The van der Waals surface area contributed by atoms with Gasteiger partial charge in [-0.3, -0.25) is 19.5 Å². The van der Waals surface area contributed by atoms with Crippen LogP contribution in [0.15, 0.2) is 90.4 Å². The van der Waals surface area contributed by atoms with Gasteiger partial charge in [0.25, 0.3) is 5.91 Å². The maximum absolute atomic E-state index is 14.0. The predicted octanol–water partition coefficient (Wildman–Crippen LogP) is 3.46. The standard InChI is InChI=1S/C28H26ClN5O3/c1-33-23-17-34(27(36)24(23)25(32-28(33)37)20-9-5-6-10-21(20)29)22(15-18-7-3-2-4-8-18)26(35)31-16-19-11-13-30-14-12-19/h2-14,22,25H,15-17H2,1H3,(H,31,35)(H,32,37). The molecule has 0 bridgehead atoms. The molecule has 1 aromatic heterocycles. The van der Waals surface area contributed by atoms with E-state index < -0.39 is 12.1 Å². The highest BCUT2D eigenvalue weighted by atomic mass is 35.5. The zero-order valence-electron chi connectivity index (χ0n) is 20.2. The first-order chi connectivity index (χ1) is 17.9. The van der Waals surface area contributed by atoms with Crippen molar-refractivity contribution in [2.45, 2.75) is 25.0 Å². The molecule has 9 heteroatoms. The Kier molecular flexibility index (Phi) is 6.92. The van der Waals surface area contributed by atoms with E-state index in [2.05, 4.69) is 15.6 Å². The minimum atomic E-state index is -0.780. The third-order valence-corrected chi connectivity index (χ3v) is 7.12. The van der Waals surface area contributed by atoms with Crippen LogP contribution in [0.4, 0.5) is 4.79 Å². The number of aromatic nitrogens is 1. The maximum Gasteiger partial charge on any atom is 0.322 e. The Morgan fingerprint density at radius 3 is 2.49 bits per heavy atom. The Morgan fingerprint density at radius 2 is 1.76 bits per heavy atom. The first-order valence-corrected chi connectivity index (χ1v) is 12.3. The number of carbonyl (C=O) groups excluding carboxylic acids is 3. The van der Waals surface area contributed by atoms with Crippen LogP contribution in [0, 0.1) is 0 Å². The Morgan fingerprint density at radius 1 is 1.05 bits per heavy atom. The molecule has 3 heterocycles. The van der Waals surface area contributed by atoms with Gasteiger partial charge >= 0.3 is 6.03 Å². The molecule has 8 nitrogen and oxygen atoms in total. The molecule has 2 aliphatic rings. The highest BCUT2D eigenvalue weighted by Crippen LogP contribution is 2.38. The van der Waals surface area contributed by atoms with Gasteiger partial charge in [-0.25, -0.2) is 4.79 Å². The summed E-state index contributed by atoms with van der Waals surface area (Å²) in [5.41, 5.74) is 3.46. The summed E-state index contributed by atoms with van der Waals surface area (Å²) in [7, 11) is 1.62. The van der Waals surface area contributed by atoms with E-state index in [0.717, 1.165) is 11.1 Å². The lowest BCUT2D eigenvalue weighted by atomic mass is 9.95. The SMILES string of the molecule is CN1C(=O)NC(c2ccccc2Cl)C2=C1CN(C(Cc1ccccc1)C(=O)NCc1ccncc1)C2=O. The quantitative estimate of drug-likeness (QED) is 0.504. The molecule has 37 heavy (non-hydrogen) atoms. The van der Waals surface area contributed by atoms with Crippen molar-refractivity contribution in [2.75, 3.05) is 13.6 Å². The number of likely N-dealkylation sites (N-methyl/N-ethyl adjacent to an activating group) is 1. The summed E-state index contributed by atoms with van der Waals surface area (Å²) >= 11 is 6.46. The van der Waals surface area contributed by atoms with Crippen LogP contribution in [-0.4, -0.2) is 52.3 Å². The molecule has 0 radical (unpaired) electrons. The number of pyridine rings is 1. The van der Waals surface area contributed by atoms with E-state index in [1.807, 2.05) is 48.5 Å². The van der Waals surface area contributed by atoms with Crippen LogP contribution in [0.3, 0.4) is 0 Å². The highest BCUT2D eigenvalue weighted by Gasteiger charge is 2.46. The normalized spacial score (nSPS) is 17.9. The molecule has 2 aromatic carbocycles. The van der Waals surface area contributed by atoms with Gasteiger partial charge in [0.15, 0.2) is 0 Å². The Balaban J connectivity index is 1.46. The molecule has 0 saturated carbocycles. The second-order valence-electron chi connectivity index (χ2n) is 9.04. The zero-order chi connectivity index (χ0) is 25.9. The van der Waals surface area contributed by atoms with Crippen LogP contribution < -0.4 is 10.6 Å². The maximum atomic E-state index is 14.0. The number of hydrogen-bond donors (Lipinski definition) is 2. The van der Waals surface area contributed by atoms with Crippen molar-refractivity contribution >= 4 is 29.4 Å². The largest absolute Gasteiger partial charge is 0.350 e. The molecule has 0 saturated heterocycles. The monoisotopic (exact) mass is 515 g/mol. The number of urea groups is 1. The van der Waals surface area contributed by atoms with E-state index in [4.69, 9.17) is 11.6 Å². The Bertz CT molecular complexity index is 1360. The van der Waals surface area contributed by atoms with Gasteiger partial charge in [-0.1, -0.05) is 60.1 Å². The first-order valence-electron chi connectivity index (χ1n) is 12.0. The highest BCUT2D eigenvalue weighted by molar-refractivity contribution is 6.31. The third kappa shape index (κ3) is 4.93. The van der Waals surface area contributed by atoms with Crippen molar-refractivity contribution in [3.8, 4) is 0 Å². The summed E-state index contributed by atoms with van der Waals surface area (Å²) in [5.74, 6) is -0.572. The van der Waals surface area contributed by atoms with Crippen molar-refractivity contribution in [3.05, 3.63) is 112 Å². The number of hydrogen-bond acceptors (Lipinski definition) is 4. The second-order valence-corrected chi connectivity index (χ2v) is 9.44. The lowest BCUT2D eigenvalue weighted by molar-refractivity contribution is -0.136. The molecule has 2 atom stereocenters. The van der Waals surface area contributed by atoms with Gasteiger partial charge in [-0.05, 0) is 34.9 Å². The molecule has 4 amide bonds. The molecule has 3 aromatic rings. The fourth-order valence-corrected chi connectivity index (χ4v) is 5.02. The smallest absolute Gasteiger partial charge is 0.322 e. The van der Waals surface area contributed by atoms with Crippen molar-refractivity contribution in [1.82, 2.24) is 25.4 Å². The minimum absolute atomic E-state index is 0.138. The van der Waals surface area contributed by atoms with Gasteiger partial charge in [-0.15, -0.1) is 0 Å². The summed E-state index contributed by atoms with van der Waals surface area (Å²) in [6, 6.07) is 18.5. The van der Waals surface area contributed by atoms with Gasteiger partial charge in [0.2, 0.25) is 5.91 Å². The number of nitrogens with one attached hydrogen (secondary N) is 2. The van der Waals surface area contributed by atoms with Crippen LogP contribution in [0.5, 0.6) is 0 Å². The van der Waals surface area contributed by atoms with E-state index in [1.165, 1.54) is 4.90 Å². The molecule has 0 aliphatic carbocycles. The van der Waals surface area contributed by atoms with Gasteiger partial charge < -0.3 is 15.5 Å². The van der Waals surface area contributed by atoms with E-state index in [1.54, 1.807) is 42.5 Å². The van der Waals surface area contributed by atoms with Crippen LogP contribution in [0.1, 0.15) is 22.7 Å². The molecular weight excluding hydrogens is 490 g/mol. The van der Waals surface area contributed by atoms with Crippen molar-refractivity contribution in [2.24, 2.45) is 0 Å². The predicted molar refractivity (Wildman–Crippen MR) is 139 cm³/mol. The van der Waals surface area contributed by atoms with Gasteiger partial charge in [-0.2, -0.15) is 0 Å². The van der Waals surface area contributed by atoms with E-state index in [-0.39, 0.29) is 24.4 Å². The van der Waals surface area contributed by atoms with E-state index >= 15 is 0 Å². The van der Waals surface area contributed by atoms with E-state index in [9.17, 15) is 14.4 Å². The van der Waals surface area contributed by atoms with E-state index in [0.29, 0.717) is 34.8 Å². The summed E-state index contributed by atoms with van der Waals surface area (Å²) < 4.78 is 0. The molecule has 2 unspecified atom stereocenters. The molecular formula is C28H26ClN5O3. The van der Waals surface area contributed by atoms with Crippen molar-refractivity contribution in [3.63, 3.8) is 0 Å². The Hall–Kier alpha value is -4.17. The zero-order valence-corrected chi connectivity index (χ0v) is 21.0. The molecule has 0 fully saturated rings. The number of amides is 4. The first kappa shape index (κ1) is 24.5. The third-order valence-electron chi connectivity index (χ3n) is 6.77. The van der Waals surface area contributed by atoms with Gasteiger partial charge in [0.1, 0.15) is 6.04 Å². The van der Waals surface area contributed by atoms with Gasteiger partial charge in [0.05, 0.1) is 23.9 Å². The molecule has 2 aliphatic heterocycles. The lowest BCUT2D eigenvalue weighted by Gasteiger charge is -2.31. The molecule has 188 valence electrons. The summed E-state index contributed by atoms with van der Waals surface area (Å²) in [6.45, 7) is 0.448. The fourth-order valence-electron chi connectivity index (χ4n) is 4.77. The second kappa shape index (κ2) is 10.4. The van der Waals surface area contributed by atoms with Crippen molar-refractivity contribution in [1.29, 1.82) is 0 Å².